The lowest BCUT2D eigenvalue weighted by Crippen LogP contribution is -2.45. The molecular weight excluding hydrogens is 1030 g/mol. The maximum atomic E-state index is 15.9. The minimum atomic E-state index is -2.73. The normalized spacial score (nSPS) is 13.6. The third kappa shape index (κ3) is 7.99. The summed E-state index contributed by atoms with van der Waals surface area (Å²) in [7, 11) is 0. The Morgan fingerprint density at radius 1 is 0.359 bits per heavy atom. The number of hydrogen-bond donors (Lipinski definition) is 0. The second-order valence-corrected chi connectivity index (χ2v) is 20.5. The van der Waals surface area contributed by atoms with Crippen LogP contribution in [0.5, 0.6) is 0 Å². The van der Waals surface area contributed by atoms with E-state index in [2.05, 4.69) is 9.98 Å². The van der Waals surface area contributed by atoms with Crippen molar-refractivity contribution < 1.29 is 38.1 Å². The average molecular weight is 1070 g/mol. The minimum Gasteiger partial charge on any atom is -0.459 e. The number of thiophene rings is 2. The molecule has 0 amide bonds. The summed E-state index contributed by atoms with van der Waals surface area (Å²) in [6.07, 6.45) is 0. The van der Waals surface area contributed by atoms with E-state index in [0.717, 1.165) is 22.7 Å². The average Bonchev–Trinajstić information content (AvgIpc) is 3.54. The SMILES string of the molecule is O=C(OCc1ccccc1)C1(C(=O)OCc2ccccc2)C2=C(c3sc(N=c4c(=O)c5ccccc5c4=O)cc31)C(C(=O)OCc1ccccc1)(C(=O)OCc1ccccc1)c1cc(N=c3c(=O)c4ccccc4c3=O)sc12. The van der Waals surface area contributed by atoms with Crippen LogP contribution >= 0.6 is 22.7 Å². The number of rotatable bonds is 14. The molecule has 2 heterocycles. The third-order valence-corrected chi connectivity index (χ3v) is 16.0. The van der Waals surface area contributed by atoms with Crippen LogP contribution in [-0.2, 0) is 75.4 Å². The Labute approximate surface area is 449 Å². The molecule has 14 nitrogen and oxygen atoms in total. The summed E-state index contributed by atoms with van der Waals surface area (Å²) < 4.78 is 24.8. The summed E-state index contributed by atoms with van der Waals surface area (Å²) in [5.74, 6) is -4.77. The number of esters is 4. The monoisotopic (exact) mass is 1070 g/mol. The van der Waals surface area contributed by atoms with Crippen molar-refractivity contribution in [2.45, 2.75) is 37.3 Å². The number of hydrogen-bond acceptors (Lipinski definition) is 16. The maximum absolute atomic E-state index is 15.9. The van der Waals surface area contributed by atoms with E-state index in [1.54, 1.807) is 146 Å². The van der Waals surface area contributed by atoms with Gasteiger partial charge in [-0.1, -0.05) is 170 Å². The van der Waals surface area contributed by atoms with Gasteiger partial charge in [-0.2, -0.15) is 0 Å². The highest BCUT2D eigenvalue weighted by Gasteiger charge is 2.72. The molecule has 0 radical (unpaired) electrons. The molecule has 2 aromatic heterocycles. The first-order valence-electron chi connectivity index (χ1n) is 24.4. The van der Waals surface area contributed by atoms with E-state index in [1.807, 2.05) is 0 Å². The summed E-state index contributed by atoms with van der Waals surface area (Å²) in [6.45, 7) is -1.46. The van der Waals surface area contributed by atoms with E-state index in [4.69, 9.17) is 18.9 Å². The molecular formula is C62H38N2O12S2. The number of benzene rings is 6. The van der Waals surface area contributed by atoms with Gasteiger partial charge >= 0.3 is 23.9 Å². The lowest BCUT2D eigenvalue weighted by Gasteiger charge is -2.29. The molecule has 0 bridgehead atoms. The van der Waals surface area contributed by atoms with E-state index in [0.29, 0.717) is 22.3 Å². The van der Waals surface area contributed by atoms with Crippen molar-refractivity contribution in [2.75, 3.05) is 0 Å². The van der Waals surface area contributed by atoms with Gasteiger partial charge in [0.15, 0.2) is 10.7 Å². The molecule has 78 heavy (non-hydrogen) atoms. The van der Waals surface area contributed by atoms with Crippen LogP contribution in [0.3, 0.4) is 0 Å². The first kappa shape index (κ1) is 49.2. The van der Waals surface area contributed by atoms with E-state index in [1.165, 1.54) is 36.4 Å². The smallest absolute Gasteiger partial charge is 0.333 e. The quantitative estimate of drug-likeness (QED) is 0.0576. The Morgan fingerprint density at radius 2 is 0.603 bits per heavy atom. The van der Waals surface area contributed by atoms with Gasteiger partial charge in [-0.15, -0.1) is 22.7 Å². The minimum absolute atomic E-state index is 0.0192. The lowest BCUT2D eigenvalue weighted by atomic mass is 9.76. The molecule has 0 atom stereocenters. The van der Waals surface area contributed by atoms with Gasteiger partial charge in [0.1, 0.15) is 36.4 Å². The first-order valence-corrected chi connectivity index (χ1v) is 26.1. The zero-order valence-corrected chi connectivity index (χ0v) is 42.4. The molecule has 0 fully saturated rings. The Morgan fingerprint density at radius 3 is 0.859 bits per heavy atom. The summed E-state index contributed by atoms with van der Waals surface area (Å²) in [5, 5.41) is -0.494. The van der Waals surface area contributed by atoms with Gasteiger partial charge in [-0.25, -0.2) is 9.98 Å². The summed E-state index contributed by atoms with van der Waals surface area (Å²) in [5.41, 5.74) is -6.68. The van der Waals surface area contributed by atoms with Crippen LogP contribution in [0.2, 0.25) is 0 Å². The number of carbonyl (C=O) groups excluding carboxylic acids is 4. The summed E-state index contributed by atoms with van der Waals surface area (Å²) >= 11 is 1.61. The zero-order chi connectivity index (χ0) is 53.7. The highest BCUT2D eigenvalue weighted by molar-refractivity contribution is 7.19. The predicted octanol–water partition coefficient (Wildman–Crippen LogP) is 8.16. The van der Waals surface area contributed by atoms with Crippen molar-refractivity contribution in [3.05, 3.63) is 277 Å². The topological polar surface area (TPSA) is 198 Å². The molecule has 0 saturated carbocycles. The van der Waals surface area contributed by atoms with Gasteiger partial charge in [0.05, 0.1) is 0 Å². The molecule has 2 aliphatic carbocycles. The molecule has 0 unspecified atom stereocenters. The van der Waals surface area contributed by atoms with Gasteiger partial charge in [0.2, 0.25) is 32.5 Å². The van der Waals surface area contributed by atoms with Crippen molar-refractivity contribution in [2.24, 2.45) is 9.98 Å². The van der Waals surface area contributed by atoms with Crippen LogP contribution in [0.4, 0.5) is 10.0 Å². The molecule has 2 aliphatic rings. The van der Waals surface area contributed by atoms with Crippen LogP contribution in [-0.4, -0.2) is 23.9 Å². The third-order valence-electron chi connectivity index (χ3n) is 13.9. The zero-order valence-electron chi connectivity index (χ0n) is 40.8. The predicted molar refractivity (Wildman–Crippen MR) is 292 cm³/mol. The van der Waals surface area contributed by atoms with Gasteiger partial charge in [0.25, 0.3) is 0 Å². The summed E-state index contributed by atoms with van der Waals surface area (Å²) in [4.78, 5) is 129. The van der Waals surface area contributed by atoms with Crippen LogP contribution in [0, 0.1) is 0 Å². The molecule has 0 aliphatic heterocycles. The number of fused-ring (bicyclic) bond motifs is 6. The Hall–Kier alpha value is -9.64. The Bertz CT molecular complexity index is 3960. The highest BCUT2D eigenvalue weighted by atomic mass is 32.1. The fourth-order valence-corrected chi connectivity index (χ4v) is 12.6. The standard InChI is InChI=1S/C62H38N2O12S2/c65-51-39-25-13-14-26-40(39)52(66)49(51)63-45-29-43-55(77-45)48-47(61(43,57(69)73-31-35-17-5-1-6-18-35)58(70)74-32-36-19-7-2-8-20-36)56-44(30-46(78-56)64-50-53(67)41-27-15-16-28-42(41)54(50)68)62(48,59(71)75-33-37-21-9-3-10-22-37)60(72)76-34-38-23-11-4-12-24-38/h1-30H,31-34H2. The largest absolute Gasteiger partial charge is 0.459 e. The Kier molecular flexibility index (Phi) is 12.5. The van der Waals surface area contributed by atoms with E-state index in [-0.39, 0.29) is 90.0 Å². The van der Waals surface area contributed by atoms with Crippen molar-refractivity contribution in [3.63, 3.8) is 0 Å². The molecule has 8 aromatic carbocycles. The van der Waals surface area contributed by atoms with E-state index >= 15 is 19.2 Å². The fraction of sp³-hybridized carbons (Fsp3) is 0.0968. The Balaban J connectivity index is 1.17. The van der Waals surface area contributed by atoms with Gasteiger partial charge in [-0.3, -0.25) is 38.4 Å². The van der Waals surface area contributed by atoms with Gasteiger partial charge < -0.3 is 18.9 Å². The fourth-order valence-electron chi connectivity index (χ4n) is 10.2. The summed E-state index contributed by atoms with van der Waals surface area (Å²) in [6, 6.07) is 49.9. The molecule has 0 N–H and O–H groups in total. The number of ether oxygens (including phenoxy) is 4. The second-order valence-electron chi connectivity index (χ2n) is 18.5. The number of carbonyl (C=O) groups is 4. The van der Waals surface area contributed by atoms with Crippen LogP contribution in [0.15, 0.2) is 211 Å². The molecule has 380 valence electrons. The highest BCUT2D eigenvalue weighted by Crippen LogP contribution is 2.68. The maximum Gasteiger partial charge on any atom is 0.333 e. The first-order chi connectivity index (χ1) is 38.0. The van der Waals surface area contributed by atoms with Crippen molar-refractivity contribution in [1.82, 2.24) is 0 Å². The molecule has 0 saturated heterocycles. The molecule has 16 heteroatoms. The van der Waals surface area contributed by atoms with Crippen molar-refractivity contribution in [3.8, 4) is 0 Å². The van der Waals surface area contributed by atoms with Gasteiger partial charge in [0, 0.05) is 53.6 Å². The molecule has 10 aromatic rings. The molecule has 0 spiro atoms. The second kappa shape index (κ2) is 19.8. The van der Waals surface area contributed by atoms with Gasteiger partial charge in [-0.05, 0) is 34.4 Å². The van der Waals surface area contributed by atoms with Crippen LogP contribution in [0.25, 0.3) is 32.7 Å². The van der Waals surface area contributed by atoms with Crippen LogP contribution < -0.4 is 32.4 Å². The lowest BCUT2D eigenvalue weighted by molar-refractivity contribution is -0.165. The molecule has 12 rings (SSSR count). The van der Waals surface area contributed by atoms with Crippen molar-refractivity contribution >= 4 is 89.2 Å². The van der Waals surface area contributed by atoms with Crippen LogP contribution in [0.1, 0.15) is 43.1 Å². The van der Waals surface area contributed by atoms with Crippen molar-refractivity contribution in [1.29, 1.82) is 0 Å². The van der Waals surface area contributed by atoms with E-state index in [9.17, 15) is 19.2 Å². The van der Waals surface area contributed by atoms with E-state index < -0.39 is 67.1 Å². The number of nitrogens with zero attached hydrogens (tertiary/aromatic N) is 2.